The summed E-state index contributed by atoms with van der Waals surface area (Å²) in [6, 6.07) is 13.2. The molecule has 2 aromatic carbocycles. The first-order valence-corrected chi connectivity index (χ1v) is 8.72. The van der Waals surface area contributed by atoms with Gasteiger partial charge in [-0.05, 0) is 43.7 Å². The molecule has 1 amide bonds. The predicted molar refractivity (Wildman–Crippen MR) is 105 cm³/mol. The van der Waals surface area contributed by atoms with Crippen molar-refractivity contribution in [3.05, 3.63) is 76.0 Å². The highest BCUT2D eigenvalue weighted by Crippen LogP contribution is 2.19. The highest BCUT2D eigenvalue weighted by molar-refractivity contribution is 6.05. The molecule has 0 aliphatic heterocycles. The Balaban J connectivity index is 1.64. The van der Waals surface area contributed by atoms with Crippen LogP contribution in [0.4, 0.5) is 5.69 Å². The van der Waals surface area contributed by atoms with Gasteiger partial charge in [-0.2, -0.15) is 5.10 Å². The zero-order valence-corrected chi connectivity index (χ0v) is 15.0. The monoisotopic (exact) mass is 361 g/mol. The van der Waals surface area contributed by atoms with E-state index in [1.807, 2.05) is 38.1 Å². The Morgan fingerprint density at radius 1 is 1.11 bits per heavy atom. The number of nitrogens with zero attached hydrogens (tertiary/aromatic N) is 2. The maximum absolute atomic E-state index is 12.8. The standard InChI is InChI=1S/C20H19N5O2/c1-3-18-15(11-21-25(18)14-7-4-12(2)5-8-14)19(26)22-13-6-9-16-17(10-13)24-20(27)23-16/h4-11H,3H2,1-2H3,(H,22,26)(H2,23,24,27). The third kappa shape index (κ3) is 3.15. The van der Waals surface area contributed by atoms with Gasteiger partial charge in [-0.15, -0.1) is 0 Å². The van der Waals surface area contributed by atoms with Gasteiger partial charge in [0.15, 0.2) is 0 Å². The van der Waals surface area contributed by atoms with Crippen molar-refractivity contribution in [2.45, 2.75) is 20.3 Å². The third-order valence-electron chi connectivity index (χ3n) is 4.50. The van der Waals surface area contributed by atoms with Gasteiger partial charge in [0.05, 0.1) is 34.2 Å². The average molecular weight is 361 g/mol. The highest BCUT2D eigenvalue weighted by Gasteiger charge is 2.17. The second kappa shape index (κ2) is 6.60. The van der Waals surface area contributed by atoms with E-state index in [0.717, 1.165) is 11.4 Å². The lowest BCUT2D eigenvalue weighted by Gasteiger charge is -2.09. The van der Waals surface area contributed by atoms with Gasteiger partial charge in [-0.25, -0.2) is 9.48 Å². The number of carbonyl (C=O) groups excluding carboxylic acids is 1. The molecule has 4 aromatic rings. The summed E-state index contributed by atoms with van der Waals surface area (Å²) in [7, 11) is 0. The summed E-state index contributed by atoms with van der Waals surface area (Å²) < 4.78 is 1.79. The van der Waals surface area contributed by atoms with Crippen LogP contribution in [0, 0.1) is 6.92 Å². The fraction of sp³-hybridized carbons (Fsp3) is 0.150. The number of benzene rings is 2. The van der Waals surface area contributed by atoms with E-state index in [9.17, 15) is 9.59 Å². The zero-order valence-electron chi connectivity index (χ0n) is 15.0. The first kappa shape index (κ1) is 16.8. The number of hydrogen-bond donors (Lipinski definition) is 3. The molecule has 136 valence electrons. The van der Waals surface area contributed by atoms with Gasteiger partial charge in [0.1, 0.15) is 0 Å². The van der Waals surface area contributed by atoms with E-state index in [0.29, 0.717) is 28.7 Å². The molecule has 0 aliphatic carbocycles. The van der Waals surface area contributed by atoms with Gasteiger partial charge >= 0.3 is 5.69 Å². The van der Waals surface area contributed by atoms with Crippen molar-refractivity contribution in [1.29, 1.82) is 0 Å². The number of anilines is 1. The van der Waals surface area contributed by atoms with Crippen LogP contribution < -0.4 is 11.0 Å². The number of aromatic amines is 2. The van der Waals surface area contributed by atoms with Gasteiger partial charge in [0, 0.05) is 5.69 Å². The highest BCUT2D eigenvalue weighted by atomic mass is 16.2. The van der Waals surface area contributed by atoms with Crippen molar-refractivity contribution in [2.75, 3.05) is 5.32 Å². The Morgan fingerprint density at radius 2 is 1.85 bits per heavy atom. The maximum Gasteiger partial charge on any atom is 0.323 e. The minimum Gasteiger partial charge on any atom is -0.322 e. The Morgan fingerprint density at radius 3 is 2.59 bits per heavy atom. The van der Waals surface area contributed by atoms with Crippen LogP contribution in [-0.2, 0) is 6.42 Å². The van der Waals surface area contributed by atoms with Crippen LogP contribution in [0.1, 0.15) is 28.5 Å². The molecule has 0 saturated carbocycles. The molecule has 7 nitrogen and oxygen atoms in total. The number of H-pyrrole nitrogens is 2. The molecule has 0 fully saturated rings. The number of nitrogens with one attached hydrogen (secondary N) is 3. The van der Waals surface area contributed by atoms with Crippen LogP contribution in [0.15, 0.2) is 53.5 Å². The lowest BCUT2D eigenvalue weighted by molar-refractivity contribution is 0.102. The molecular weight excluding hydrogens is 342 g/mol. The summed E-state index contributed by atoms with van der Waals surface area (Å²) in [6.07, 6.45) is 2.26. The summed E-state index contributed by atoms with van der Waals surface area (Å²) in [6.45, 7) is 4.02. The molecule has 0 atom stereocenters. The van der Waals surface area contributed by atoms with Crippen molar-refractivity contribution >= 4 is 22.6 Å². The molecular formula is C20H19N5O2. The van der Waals surface area contributed by atoms with Crippen LogP contribution in [0.5, 0.6) is 0 Å². The normalized spacial score (nSPS) is 11.0. The average Bonchev–Trinajstić information content (AvgIpc) is 3.24. The number of hydrogen-bond acceptors (Lipinski definition) is 3. The van der Waals surface area contributed by atoms with Crippen LogP contribution in [0.2, 0.25) is 0 Å². The number of rotatable bonds is 4. The van der Waals surface area contributed by atoms with Crippen molar-refractivity contribution in [2.24, 2.45) is 0 Å². The topological polar surface area (TPSA) is 95.6 Å². The van der Waals surface area contributed by atoms with E-state index >= 15 is 0 Å². The molecule has 4 rings (SSSR count). The number of fused-ring (bicyclic) bond motifs is 1. The van der Waals surface area contributed by atoms with Gasteiger partial charge in [-0.3, -0.25) is 4.79 Å². The van der Waals surface area contributed by atoms with Crippen LogP contribution >= 0.6 is 0 Å². The van der Waals surface area contributed by atoms with E-state index in [1.165, 1.54) is 5.56 Å². The number of aromatic nitrogens is 4. The summed E-state index contributed by atoms with van der Waals surface area (Å²) in [5, 5.41) is 7.29. The molecule has 0 radical (unpaired) electrons. The maximum atomic E-state index is 12.8. The molecule has 0 unspecified atom stereocenters. The first-order chi connectivity index (χ1) is 13.0. The lowest BCUT2D eigenvalue weighted by atomic mass is 10.1. The van der Waals surface area contributed by atoms with Gasteiger partial charge in [0.25, 0.3) is 5.91 Å². The van der Waals surface area contributed by atoms with Gasteiger partial charge < -0.3 is 15.3 Å². The molecule has 2 heterocycles. The Kier molecular flexibility index (Phi) is 4.12. The summed E-state index contributed by atoms with van der Waals surface area (Å²) in [5.41, 5.74) is 5.12. The van der Waals surface area contributed by atoms with Crippen molar-refractivity contribution < 1.29 is 4.79 Å². The second-order valence-electron chi connectivity index (χ2n) is 6.40. The number of imidazole rings is 1. The summed E-state index contributed by atoms with van der Waals surface area (Å²) >= 11 is 0. The largest absolute Gasteiger partial charge is 0.323 e. The predicted octanol–water partition coefficient (Wildman–Crippen LogP) is 3.17. The fourth-order valence-electron chi connectivity index (χ4n) is 3.12. The minimum absolute atomic E-state index is 0.234. The number of amides is 1. The summed E-state index contributed by atoms with van der Waals surface area (Å²) in [4.78, 5) is 29.5. The lowest BCUT2D eigenvalue weighted by Crippen LogP contribution is -2.14. The fourth-order valence-corrected chi connectivity index (χ4v) is 3.12. The van der Waals surface area contributed by atoms with Crippen molar-refractivity contribution in [1.82, 2.24) is 19.7 Å². The summed E-state index contributed by atoms with van der Waals surface area (Å²) in [5.74, 6) is -0.234. The molecule has 0 saturated heterocycles. The SMILES string of the molecule is CCc1c(C(=O)Nc2ccc3[nH]c(=O)[nH]c3c2)cnn1-c1ccc(C)cc1. The van der Waals surface area contributed by atoms with Crippen molar-refractivity contribution in [3.8, 4) is 5.69 Å². The smallest absolute Gasteiger partial charge is 0.322 e. The third-order valence-corrected chi connectivity index (χ3v) is 4.50. The minimum atomic E-state index is -0.277. The van der Waals surface area contributed by atoms with Crippen LogP contribution in [-0.4, -0.2) is 25.7 Å². The molecule has 27 heavy (non-hydrogen) atoms. The van der Waals surface area contributed by atoms with Crippen molar-refractivity contribution in [3.63, 3.8) is 0 Å². The first-order valence-electron chi connectivity index (χ1n) is 8.72. The molecule has 0 bridgehead atoms. The van der Waals surface area contributed by atoms with Crippen LogP contribution in [0.25, 0.3) is 16.7 Å². The Labute approximate surface area is 155 Å². The Hall–Kier alpha value is -3.61. The Bertz CT molecular complexity index is 1180. The van der Waals surface area contributed by atoms with E-state index in [1.54, 1.807) is 29.1 Å². The van der Waals surface area contributed by atoms with Gasteiger partial charge in [-0.1, -0.05) is 24.6 Å². The quantitative estimate of drug-likeness (QED) is 0.521. The van der Waals surface area contributed by atoms with E-state index < -0.39 is 0 Å². The molecule has 0 aliphatic rings. The number of carbonyl (C=O) groups is 1. The van der Waals surface area contributed by atoms with E-state index in [-0.39, 0.29) is 11.6 Å². The van der Waals surface area contributed by atoms with Gasteiger partial charge in [0.2, 0.25) is 0 Å². The second-order valence-corrected chi connectivity index (χ2v) is 6.40. The van der Waals surface area contributed by atoms with E-state index in [4.69, 9.17) is 0 Å². The molecule has 7 heteroatoms. The molecule has 3 N–H and O–H groups in total. The van der Waals surface area contributed by atoms with Crippen LogP contribution in [0.3, 0.4) is 0 Å². The zero-order chi connectivity index (χ0) is 19.0. The molecule has 2 aromatic heterocycles. The molecule has 0 spiro atoms. The van der Waals surface area contributed by atoms with E-state index in [2.05, 4.69) is 20.4 Å². The number of aryl methyl sites for hydroxylation is 1.